The highest BCUT2D eigenvalue weighted by molar-refractivity contribution is 7.20. The molecule has 2 aromatic carbocycles. The summed E-state index contributed by atoms with van der Waals surface area (Å²) in [7, 11) is 0. The molecule has 0 atom stereocenters. The topological polar surface area (TPSA) is 119 Å². The highest BCUT2D eigenvalue weighted by atomic mass is 32.1. The number of halogens is 6. The molecule has 4 aromatic rings. The molecule has 218 valence electrons. The van der Waals surface area contributed by atoms with Gasteiger partial charge in [0.1, 0.15) is 17.4 Å². The number of ether oxygens (including phenoxy) is 1. The van der Waals surface area contributed by atoms with Gasteiger partial charge in [-0.1, -0.05) is 12.1 Å². The van der Waals surface area contributed by atoms with Crippen LogP contribution in [0.25, 0.3) is 21.8 Å². The number of aromatic amines is 1. The lowest BCUT2D eigenvalue weighted by molar-refractivity contribution is -0.140. The molecular formula is C26H19F6N7O2S. The molecule has 0 aliphatic carbocycles. The minimum absolute atomic E-state index is 0.139. The van der Waals surface area contributed by atoms with Crippen LogP contribution in [0.5, 0.6) is 0 Å². The van der Waals surface area contributed by atoms with Gasteiger partial charge in [0.2, 0.25) is 0 Å². The van der Waals surface area contributed by atoms with E-state index in [2.05, 4.69) is 26.6 Å². The summed E-state index contributed by atoms with van der Waals surface area (Å²) < 4.78 is 84.8. The van der Waals surface area contributed by atoms with Gasteiger partial charge in [0.05, 0.1) is 40.5 Å². The number of carbonyl (C=O) groups is 1. The van der Waals surface area contributed by atoms with Crippen molar-refractivity contribution in [1.29, 1.82) is 5.26 Å². The highest BCUT2D eigenvalue weighted by Crippen LogP contribution is 2.46. The number of nitrogens with zero attached hydrogens (tertiary/aromatic N) is 4. The first-order valence-corrected chi connectivity index (χ1v) is 13.0. The Morgan fingerprint density at radius 1 is 1.02 bits per heavy atom. The predicted octanol–water partition coefficient (Wildman–Crippen LogP) is 6.59. The van der Waals surface area contributed by atoms with E-state index in [0.717, 1.165) is 5.00 Å². The molecule has 2 amide bonds. The zero-order chi connectivity index (χ0) is 30.1. The highest BCUT2D eigenvalue weighted by Gasteiger charge is 2.37. The number of anilines is 3. The van der Waals surface area contributed by atoms with Crippen LogP contribution in [-0.2, 0) is 17.1 Å². The lowest BCUT2D eigenvalue weighted by Crippen LogP contribution is -2.36. The van der Waals surface area contributed by atoms with Gasteiger partial charge in [-0.25, -0.2) is 9.78 Å². The zero-order valence-electron chi connectivity index (χ0n) is 21.2. The van der Waals surface area contributed by atoms with Gasteiger partial charge < -0.3 is 20.3 Å². The number of H-pyrrole nitrogens is 1. The Kier molecular flexibility index (Phi) is 7.80. The maximum absolute atomic E-state index is 13.4. The molecule has 0 bridgehead atoms. The van der Waals surface area contributed by atoms with Crippen LogP contribution in [0.4, 0.5) is 47.5 Å². The smallest absolute Gasteiger partial charge is 0.378 e. The number of amides is 2. The summed E-state index contributed by atoms with van der Waals surface area (Å²) in [5.41, 5.74) is -2.14. The van der Waals surface area contributed by atoms with Crippen LogP contribution in [-0.4, -0.2) is 47.5 Å². The SMILES string of the molecule is N#Cc1c(N2CCOCC2)sc(-c2ncn[nH]2)c1-c1ccc(NC(=O)Nc2cc(C(F)(F)F)ccc2C(F)(F)F)cc1. The summed E-state index contributed by atoms with van der Waals surface area (Å²) >= 11 is 1.35. The number of urea groups is 1. The van der Waals surface area contributed by atoms with E-state index in [1.807, 2.05) is 10.2 Å². The van der Waals surface area contributed by atoms with Crippen molar-refractivity contribution in [3.8, 4) is 27.9 Å². The van der Waals surface area contributed by atoms with Crippen molar-refractivity contribution < 1.29 is 35.9 Å². The molecule has 1 aliphatic rings. The Labute approximate surface area is 237 Å². The largest absolute Gasteiger partial charge is 0.418 e. The van der Waals surface area contributed by atoms with E-state index in [4.69, 9.17) is 4.74 Å². The number of morpholine rings is 1. The third kappa shape index (κ3) is 6.02. The van der Waals surface area contributed by atoms with Gasteiger partial charge in [0.25, 0.3) is 0 Å². The van der Waals surface area contributed by atoms with E-state index in [0.29, 0.717) is 59.8 Å². The fourth-order valence-corrected chi connectivity index (χ4v) is 5.62. The molecule has 2 aromatic heterocycles. The molecule has 0 saturated carbocycles. The van der Waals surface area contributed by atoms with E-state index < -0.39 is 35.2 Å². The van der Waals surface area contributed by atoms with Crippen molar-refractivity contribution in [2.24, 2.45) is 0 Å². The molecule has 9 nitrogen and oxygen atoms in total. The predicted molar refractivity (Wildman–Crippen MR) is 142 cm³/mol. The van der Waals surface area contributed by atoms with Gasteiger partial charge >= 0.3 is 18.4 Å². The second-order valence-electron chi connectivity index (χ2n) is 8.94. The van der Waals surface area contributed by atoms with Crippen molar-refractivity contribution in [1.82, 2.24) is 15.2 Å². The quantitative estimate of drug-likeness (QED) is 0.220. The van der Waals surface area contributed by atoms with Crippen LogP contribution in [0, 0.1) is 11.3 Å². The molecule has 42 heavy (non-hydrogen) atoms. The Morgan fingerprint density at radius 2 is 1.74 bits per heavy atom. The molecule has 1 fully saturated rings. The van der Waals surface area contributed by atoms with Crippen LogP contribution in [0.1, 0.15) is 16.7 Å². The van der Waals surface area contributed by atoms with Crippen LogP contribution < -0.4 is 15.5 Å². The number of thiophene rings is 1. The van der Waals surface area contributed by atoms with E-state index in [1.54, 1.807) is 12.1 Å². The minimum atomic E-state index is -5.01. The molecule has 3 N–H and O–H groups in total. The number of nitriles is 1. The first kappa shape index (κ1) is 28.9. The van der Waals surface area contributed by atoms with Crippen molar-refractivity contribution in [2.75, 3.05) is 41.8 Å². The van der Waals surface area contributed by atoms with E-state index in [1.165, 1.54) is 29.8 Å². The van der Waals surface area contributed by atoms with Gasteiger partial charge in [-0.2, -0.15) is 36.7 Å². The average Bonchev–Trinajstić information content (AvgIpc) is 3.61. The Balaban J connectivity index is 1.42. The van der Waals surface area contributed by atoms with Crippen LogP contribution >= 0.6 is 11.3 Å². The molecule has 0 unspecified atom stereocenters. The number of aromatic nitrogens is 3. The molecule has 5 rings (SSSR count). The maximum Gasteiger partial charge on any atom is 0.418 e. The fourth-order valence-electron chi connectivity index (χ4n) is 4.35. The van der Waals surface area contributed by atoms with Crippen molar-refractivity contribution in [2.45, 2.75) is 12.4 Å². The van der Waals surface area contributed by atoms with Crippen molar-refractivity contribution >= 4 is 33.7 Å². The molecule has 0 radical (unpaired) electrons. The molecule has 3 heterocycles. The second kappa shape index (κ2) is 11.3. The number of carbonyl (C=O) groups excluding carboxylic acids is 1. The number of nitrogens with one attached hydrogen (secondary N) is 3. The number of hydrogen-bond donors (Lipinski definition) is 3. The van der Waals surface area contributed by atoms with Gasteiger partial charge in [0.15, 0.2) is 5.82 Å². The summed E-state index contributed by atoms with van der Waals surface area (Å²) in [6, 6.07) is 7.94. The standard InChI is InChI=1S/C26H19F6N7O2S/c27-25(28,29)15-3-6-18(26(30,31)32)19(11-15)37-24(40)36-16-4-1-14(2-5-16)20-17(12-33)23(39-7-9-41-10-8-39)42-21(20)22-34-13-35-38-22/h1-6,11,13H,7-10H2,(H,34,35,38)(H2,36,37,40). The number of alkyl halides is 6. The zero-order valence-corrected chi connectivity index (χ0v) is 22.0. The third-order valence-corrected chi connectivity index (χ3v) is 7.52. The van der Waals surface area contributed by atoms with Gasteiger partial charge in [-0.15, -0.1) is 11.3 Å². The summed E-state index contributed by atoms with van der Waals surface area (Å²) in [5, 5.41) is 21.7. The maximum atomic E-state index is 13.4. The summed E-state index contributed by atoms with van der Waals surface area (Å²) in [4.78, 5) is 19.4. The summed E-state index contributed by atoms with van der Waals surface area (Å²) in [5.74, 6) is 0.439. The van der Waals surface area contributed by atoms with Crippen LogP contribution in [0.3, 0.4) is 0 Å². The Bertz CT molecular complexity index is 1620. The third-order valence-electron chi connectivity index (χ3n) is 6.26. The van der Waals surface area contributed by atoms with E-state index in [-0.39, 0.29) is 17.8 Å². The first-order chi connectivity index (χ1) is 20.0. The van der Waals surface area contributed by atoms with Crippen LogP contribution in [0.15, 0.2) is 48.8 Å². The number of hydrogen-bond acceptors (Lipinski definition) is 7. The first-order valence-electron chi connectivity index (χ1n) is 12.2. The van der Waals surface area contributed by atoms with Gasteiger partial charge in [-0.3, -0.25) is 5.10 Å². The van der Waals surface area contributed by atoms with E-state index >= 15 is 0 Å². The second-order valence-corrected chi connectivity index (χ2v) is 9.94. The minimum Gasteiger partial charge on any atom is -0.378 e. The Hall–Kier alpha value is -4.62. The molecule has 0 spiro atoms. The van der Waals surface area contributed by atoms with E-state index in [9.17, 15) is 36.4 Å². The number of rotatable bonds is 5. The molecular weight excluding hydrogens is 588 g/mol. The van der Waals surface area contributed by atoms with Crippen molar-refractivity contribution in [3.63, 3.8) is 0 Å². The van der Waals surface area contributed by atoms with Gasteiger partial charge in [-0.05, 0) is 35.9 Å². The monoisotopic (exact) mass is 607 g/mol. The summed E-state index contributed by atoms with van der Waals surface area (Å²) in [6.45, 7) is 2.18. The van der Waals surface area contributed by atoms with Crippen LogP contribution in [0.2, 0.25) is 0 Å². The molecule has 1 aliphatic heterocycles. The molecule has 1 saturated heterocycles. The lowest BCUT2D eigenvalue weighted by atomic mass is 10.0. The Morgan fingerprint density at radius 3 is 2.33 bits per heavy atom. The van der Waals surface area contributed by atoms with Crippen molar-refractivity contribution in [3.05, 3.63) is 65.5 Å². The fraction of sp³-hybridized carbons (Fsp3) is 0.231. The van der Waals surface area contributed by atoms with Gasteiger partial charge in [0, 0.05) is 24.3 Å². The average molecular weight is 608 g/mol. The lowest BCUT2D eigenvalue weighted by Gasteiger charge is -2.27. The normalized spacial score (nSPS) is 14.0. The summed E-state index contributed by atoms with van der Waals surface area (Å²) in [6.07, 6.45) is -8.59. The number of benzene rings is 2. The molecule has 16 heteroatoms.